The van der Waals surface area contributed by atoms with Crippen molar-refractivity contribution >= 4 is 34.9 Å². The van der Waals surface area contributed by atoms with Gasteiger partial charge in [-0.15, -0.1) is 0 Å². The third-order valence-corrected chi connectivity index (χ3v) is 4.97. The van der Waals surface area contributed by atoms with Crippen molar-refractivity contribution in [3.63, 3.8) is 0 Å². The maximum absolute atomic E-state index is 12.6. The second-order valence-corrected chi connectivity index (χ2v) is 6.58. The molecule has 1 aliphatic rings. The number of benzene rings is 1. The van der Waals surface area contributed by atoms with Gasteiger partial charge in [-0.05, 0) is 62.0 Å². The molecular weight excluding hydrogens is 350 g/mol. The molecule has 0 atom stereocenters. The highest BCUT2D eigenvalue weighted by Gasteiger charge is 2.32. The highest BCUT2D eigenvalue weighted by Crippen LogP contribution is 2.32. The number of likely N-dealkylation sites (N-methyl/N-ethyl adjacent to an activating group) is 1. The fourth-order valence-electron chi connectivity index (χ4n) is 2.71. The molecule has 6 nitrogen and oxygen atoms in total. The van der Waals surface area contributed by atoms with Gasteiger partial charge in [-0.1, -0.05) is 6.07 Å². The standard InChI is InChI=1S/C19H19N3O3S/c1-3-20-19-21(4-2)17(23)16(26-19)12-15-9-6-10-22(15)14-8-5-7-13(11-14)18(24)25/h5-12H,3-4H2,1-2H3,(H,24,25)/b16-12+,20-19?. The lowest BCUT2D eigenvalue weighted by molar-refractivity contribution is -0.122. The summed E-state index contributed by atoms with van der Waals surface area (Å²) in [5, 5.41) is 9.91. The van der Waals surface area contributed by atoms with E-state index >= 15 is 0 Å². The Morgan fingerprint density at radius 3 is 2.77 bits per heavy atom. The predicted molar refractivity (Wildman–Crippen MR) is 104 cm³/mol. The smallest absolute Gasteiger partial charge is 0.335 e. The Morgan fingerprint density at radius 2 is 2.08 bits per heavy atom. The lowest BCUT2D eigenvalue weighted by Crippen LogP contribution is -2.28. The molecule has 1 aromatic carbocycles. The Kier molecular flexibility index (Phi) is 5.27. The number of aromatic carboxylic acids is 1. The minimum absolute atomic E-state index is 0.0586. The second kappa shape index (κ2) is 7.61. The van der Waals surface area contributed by atoms with E-state index in [1.54, 1.807) is 23.1 Å². The van der Waals surface area contributed by atoms with Crippen LogP contribution in [0.3, 0.4) is 0 Å². The van der Waals surface area contributed by atoms with Gasteiger partial charge in [0.15, 0.2) is 5.17 Å². The van der Waals surface area contributed by atoms with Gasteiger partial charge in [-0.3, -0.25) is 14.7 Å². The van der Waals surface area contributed by atoms with Crippen molar-refractivity contribution in [2.24, 2.45) is 4.99 Å². The average molecular weight is 369 g/mol. The number of carbonyl (C=O) groups excluding carboxylic acids is 1. The zero-order chi connectivity index (χ0) is 18.7. The van der Waals surface area contributed by atoms with Crippen LogP contribution >= 0.6 is 11.8 Å². The van der Waals surface area contributed by atoms with E-state index in [4.69, 9.17) is 0 Å². The summed E-state index contributed by atoms with van der Waals surface area (Å²) < 4.78 is 1.86. The van der Waals surface area contributed by atoms with Crippen LogP contribution in [-0.4, -0.2) is 44.7 Å². The molecule has 0 radical (unpaired) electrons. The second-order valence-electron chi connectivity index (χ2n) is 5.58. The number of nitrogens with zero attached hydrogens (tertiary/aromatic N) is 3. The Balaban J connectivity index is 1.98. The van der Waals surface area contributed by atoms with Gasteiger partial charge in [0.25, 0.3) is 5.91 Å². The Bertz CT molecular complexity index is 914. The van der Waals surface area contributed by atoms with Crippen LogP contribution in [0, 0.1) is 0 Å². The number of amides is 1. The monoisotopic (exact) mass is 369 g/mol. The number of carboxylic acid groups (broad SMARTS) is 1. The Hall–Kier alpha value is -2.80. The van der Waals surface area contributed by atoms with Crippen molar-refractivity contribution in [3.8, 4) is 5.69 Å². The fourth-order valence-corrected chi connectivity index (χ4v) is 3.80. The van der Waals surface area contributed by atoms with Gasteiger partial charge in [-0.25, -0.2) is 4.79 Å². The summed E-state index contributed by atoms with van der Waals surface area (Å²) in [7, 11) is 0. The molecule has 26 heavy (non-hydrogen) atoms. The van der Waals surface area contributed by atoms with E-state index in [0.717, 1.165) is 16.5 Å². The zero-order valence-electron chi connectivity index (χ0n) is 14.5. The molecule has 0 aliphatic carbocycles. The van der Waals surface area contributed by atoms with Crippen LogP contribution in [-0.2, 0) is 4.79 Å². The number of amidine groups is 1. The number of thioether (sulfide) groups is 1. The van der Waals surface area contributed by atoms with Crippen LogP contribution in [0.25, 0.3) is 11.8 Å². The van der Waals surface area contributed by atoms with Crippen LogP contribution < -0.4 is 0 Å². The van der Waals surface area contributed by atoms with Gasteiger partial charge < -0.3 is 9.67 Å². The number of hydrogen-bond acceptors (Lipinski definition) is 4. The lowest BCUT2D eigenvalue weighted by atomic mass is 10.2. The minimum Gasteiger partial charge on any atom is -0.478 e. The molecule has 0 bridgehead atoms. The SMILES string of the molecule is CCN=C1S/C(=C/c2cccn2-c2cccc(C(=O)O)c2)C(=O)N1CC. The van der Waals surface area contributed by atoms with Crippen LogP contribution in [0.15, 0.2) is 52.5 Å². The third kappa shape index (κ3) is 3.43. The topological polar surface area (TPSA) is 74.9 Å². The van der Waals surface area contributed by atoms with Crippen molar-refractivity contribution in [2.75, 3.05) is 13.1 Å². The van der Waals surface area contributed by atoms with Crippen molar-refractivity contribution in [2.45, 2.75) is 13.8 Å². The van der Waals surface area contributed by atoms with E-state index < -0.39 is 5.97 Å². The predicted octanol–water partition coefficient (Wildman–Crippen LogP) is 3.49. The third-order valence-electron chi connectivity index (χ3n) is 3.93. The van der Waals surface area contributed by atoms with E-state index in [1.165, 1.54) is 11.8 Å². The summed E-state index contributed by atoms with van der Waals surface area (Å²) >= 11 is 1.37. The highest BCUT2D eigenvalue weighted by atomic mass is 32.2. The van der Waals surface area contributed by atoms with Gasteiger partial charge >= 0.3 is 5.97 Å². The maximum Gasteiger partial charge on any atom is 0.335 e. The van der Waals surface area contributed by atoms with Crippen molar-refractivity contribution in [1.82, 2.24) is 9.47 Å². The summed E-state index contributed by atoms with van der Waals surface area (Å²) in [4.78, 5) is 30.5. The number of aliphatic imine (C=N–C) groups is 1. The Labute approximate surface area is 155 Å². The van der Waals surface area contributed by atoms with Crippen molar-refractivity contribution < 1.29 is 14.7 Å². The molecule has 0 saturated carbocycles. The summed E-state index contributed by atoms with van der Waals surface area (Å²) in [6.07, 6.45) is 3.66. The largest absolute Gasteiger partial charge is 0.478 e. The first-order valence-electron chi connectivity index (χ1n) is 8.32. The van der Waals surface area contributed by atoms with E-state index in [1.807, 2.05) is 48.9 Å². The molecule has 1 aliphatic heterocycles. The summed E-state index contributed by atoms with van der Waals surface area (Å²) in [5.41, 5.74) is 1.75. The van der Waals surface area contributed by atoms with Gasteiger partial charge in [0.2, 0.25) is 0 Å². The molecule has 1 N–H and O–H groups in total. The summed E-state index contributed by atoms with van der Waals surface area (Å²) in [6.45, 7) is 5.06. The molecule has 0 spiro atoms. The average Bonchev–Trinajstić information content (AvgIpc) is 3.20. The number of rotatable bonds is 5. The van der Waals surface area contributed by atoms with E-state index in [-0.39, 0.29) is 11.5 Å². The summed E-state index contributed by atoms with van der Waals surface area (Å²) in [5.74, 6) is -1.03. The Morgan fingerprint density at radius 1 is 1.27 bits per heavy atom. The number of hydrogen-bond donors (Lipinski definition) is 1. The molecule has 134 valence electrons. The molecule has 1 fully saturated rings. The quantitative estimate of drug-likeness (QED) is 0.819. The molecule has 3 rings (SSSR count). The van der Waals surface area contributed by atoms with Crippen LogP contribution in [0.5, 0.6) is 0 Å². The molecule has 1 aromatic heterocycles. The van der Waals surface area contributed by atoms with E-state index in [0.29, 0.717) is 18.0 Å². The van der Waals surface area contributed by atoms with Crippen molar-refractivity contribution in [1.29, 1.82) is 0 Å². The van der Waals surface area contributed by atoms with Gasteiger partial charge in [0.1, 0.15) is 0 Å². The first kappa shape index (κ1) is 18.0. The molecule has 2 aromatic rings. The van der Waals surface area contributed by atoms with Crippen molar-refractivity contribution in [3.05, 3.63) is 58.8 Å². The van der Waals surface area contributed by atoms with Gasteiger partial charge in [-0.2, -0.15) is 0 Å². The van der Waals surface area contributed by atoms with Crippen LogP contribution in [0.1, 0.15) is 29.9 Å². The highest BCUT2D eigenvalue weighted by molar-refractivity contribution is 8.18. The number of carbonyl (C=O) groups is 2. The molecule has 2 heterocycles. The lowest BCUT2D eigenvalue weighted by Gasteiger charge is -2.11. The molecule has 1 amide bonds. The first-order chi connectivity index (χ1) is 12.5. The maximum atomic E-state index is 12.6. The fraction of sp³-hybridized carbons (Fsp3) is 0.211. The summed E-state index contributed by atoms with van der Waals surface area (Å²) in [6, 6.07) is 10.4. The van der Waals surface area contributed by atoms with Crippen LogP contribution in [0.2, 0.25) is 0 Å². The zero-order valence-corrected chi connectivity index (χ0v) is 15.4. The first-order valence-corrected chi connectivity index (χ1v) is 9.13. The van der Waals surface area contributed by atoms with E-state index in [2.05, 4.69) is 4.99 Å². The van der Waals surface area contributed by atoms with Gasteiger partial charge in [0, 0.05) is 30.7 Å². The minimum atomic E-state index is -0.973. The number of carboxylic acids is 1. The van der Waals surface area contributed by atoms with Crippen LogP contribution in [0.4, 0.5) is 0 Å². The molecular formula is C19H19N3O3S. The molecule has 7 heteroatoms. The van der Waals surface area contributed by atoms with E-state index in [9.17, 15) is 14.7 Å². The number of aromatic nitrogens is 1. The molecule has 1 saturated heterocycles. The van der Waals surface area contributed by atoms with Gasteiger partial charge in [0.05, 0.1) is 10.5 Å². The molecule has 0 unspecified atom stereocenters. The normalized spacial score (nSPS) is 17.5.